The minimum absolute atomic E-state index is 0.0589. The molecule has 1 heterocycles. The van der Waals surface area contributed by atoms with E-state index in [1.807, 2.05) is 36.9 Å². The van der Waals surface area contributed by atoms with Gasteiger partial charge < -0.3 is 9.80 Å². The van der Waals surface area contributed by atoms with Crippen LogP contribution in [0.1, 0.15) is 20.3 Å². The van der Waals surface area contributed by atoms with E-state index < -0.39 is 9.84 Å². The Morgan fingerprint density at radius 1 is 1.26 bits per heavy atom. The number of sulfone groups is 1. The summed E-state index contributed by atoms with van der Waals surface area (Å²) in [4.78, 5) is 16.3. The predicted molar refractivity (Wildman–Crippen MR) is 93.8 cm³/mol. The topological polar surface area (TPSA) is 57.7 Å². The van der Waals surface area contributed by atoms with Crippen LogP contribution in [-0.4, -0.2) is 56.4 Å². The molecule has 1 unspecified atom stereocenters. The lowest BCUT2D eigenvalue weighted by Crippen LogP contribution is -2.46. The molecular weight excluding hydrogens is 336 g/mol. The fourth-order valence-corrected chi connectivity index (χ4v) is 4.97. The van der Waals surface area contributed by atoms with Crippen LogP contribution in [0, 0.1) is 0 Å². The SMILES string of the molecule is CCN(CC(=O)N(CC)C1CCS(=O)(=O)C1)c1ccccc1Cl. The zero-order valence-corrected chi connectivity index (χ0v) is 15.1. The van der Waals surface area contributed by atoms with Gasteiger partial charge in [0.05, 0.1) is 28.8 Å². The molecule has 0 bridgehead atoms. The highest BCUT2D eigenvalue weighted by molar-refractivity contribution is 7.91. The zero-order valence-electron chi connectivity index (χ0n) is 13.5. The molecular formula is C16H23ClN2O3S. The molecule has 0 aromatic heterocycles. The predicted octanol–water partition coefficient (Wildman–Crippen LogP) is 2.20. The number of carbonyl (C=O) groups excluding carboxylic acids is 1. The van der Waals surface area contributed by atoms with E-state index in [-0.39, 0.29) is 30.0 Å². The van der Waals surface area contributed by atoms with Crippen LogP contribution in [0.4, 0.5) is 5.69 Å². The number of likely N-dealkylation sites (N-methyl/N-ethyl adjacent to an activating group) is 2. The second kappa shape index (κ2) is 7.53. The summed E-state index contributed by atoms with van der Waals surface area (Å²) in [6.07, 6.45) is 0.528. The van der Waals surface area contributed by atoms with Crippen molar-refractivity contribution in [2.24, 2.45) is 0 Å². The monoisotopic (exact) mass is 358 g/mol. The molecule has 2 rings (SSSR count). The Morgan fingerprint density at radius 3 is 2.48 bits per heavy atom. The lowest BCUT2D eigenvalue weighted by molar-refractivity contribution is -0.131. The van der Waals surface area contributed by atoms with E-state index in [0.29, 0.717) is 24.5 Å². The van der Waals surface area contributed by atoms with Gasteiger partial charge in [0.2, 0.25) is 5.91 Å². The van der Waals surface area contributed by atoms with Gasteiger partial charge in [-0.1, -0.05) is 23.7 Å². The Labute approximate surface area is 143 Å². The first-order chi connectivity index (χ1) is 10.9. The molecule has 0 aliphatic carbocycles. The third kappa shape index (κ3) is 4.38. The van der Waals surface area contributed by atoms with Crippen LogP contribution in [0.25, 0.3) is 0 Å². The van der Waals surface area contributed by atoms with Crippen LogP contribution in [-0.2, 0) is 14.6 Å². The fraction of sp³-hybridized carbons (Fsp3) is 0.562. The number of anilines is 1. The lowest BCUT2D eigenvalue weighted by Gasteiger charge is -2.31. The molecule has 1 aromatic rings. The van der Waals surface area contributed by atoms with E-state index in [2.05, 4.69) is 0 Å². The van der Waals surface area contributed by atoms with Crippen LogP contribution in [0.2, 0.25) is 5.02 Å². The summed E-state index contributed by atoms with van der Waals surface area (Å²) in [5.74, 6) is 0.185. The number of para-hydroxylation sites is 1. The fourth-order valence-electron chi connectivity index (χ4n) is 2.99. The average Bonchev–Trinajstić information content (AvgIpc) is 2.86. The van der Waals surface area contributed by atoms with E-state index >= 15 is 0 Å². The first kappa shape index (κ1) is 18.1. The summed E-state index contributed by atoms with van der Waals surface area (Å²) in [6, 6.07) is 7.21. The molecule has 23 heavy (non-hydrogen) atoms. The lowest BCUT2D eigenvalue weighted by atomic mass is 10.2. The van der Waals surface area contributed by atoms with Crippen molar-refractivity contribution in [3.05, 3.63) is 29.3 Å². The Morgan fingerprint density at radius 2 is 1.96 bits per heavy atom. The maximum absolute atomic E-state index is 12.7. The molecule has 1 aliphatic heterocycles. The standard InChI is InChI=1S/C16H23ClN2O3S/c1-3-18(15-8-6-5-7-14(15)17)11-16(20)19(4-2)13-9-10-23(21,22)12-13/h5-8,13H,3-4,9-12H2,1-2H3. The van der Waals surface area contributed by atoms with Crippen molar-refractivity contribution in [3.8, 4) is 0 Å². The molecule has 0 saturated carbocycles. The number of rotatable bonds is 6. The number of nitrogens with zero attached hydrogens (tertiary/aromatic N) is 2. The van der Waals surface area contributed by atoms with Crippen molar-refractivity contribution in [3.63, 3.8) is 0 Å². The molecule has 0 N–H and O–H groups in total. The van der Waals surface area contributed by atoms with Gasteiger partial charge in [0.1, 0.15) is 0 Å². The summed E-state index contributed by atoms with van der Waals surface area (Å²) < 4.78 is 23.3. The Balaban J connectivity index is 2.10. The summed E-state index contributed by atoms with van der Waals surface area (Å²) in [5.41, 5.74) is 0.820. The average molecular weight is 359 g/mol. The van der Waals surface area contributed by atoms with Gasteiger partial charge in [-0.15, -0.1) is 0 Å². The molecule has 1 saturated heterocycles. The van der Waals surface area contributed by atoms with Gasteiger partial charge in [0.15, 0.2) is 9.84 Å². The highest BCUT2D eigenvalue weighted by Gasteiger charge is 2.34. The van der Waals surface area contributed by atoms with Crippen molar-refractivity contribution < 1.29 is 13.2 Å². The third-order valence-corrected chi connectivity index (χ3v) is 6.28. The molecule has 1 atom stereocenters. The van der Waals surface area contributed by atoms with Crippen LogP contribution < -0.4 is 4.90 Å². The van der Waals surface area contributed by atoms with Crippen LogP contribution in [0.3, 0.4) is 0 Å². The van der Waals surface area contributed by atoms with Crippen LogP contribution >= 0.6 is 11.6 Å². The molecule has 7 heteroatoms. The van der Waals surface area contributed by atoms with E-state index in [4.69, 9.17) is 11.6 Å². The summed E-state index contributed by atoms with van der Waals surface area (Å²) in [7, 11) is -3.01. The maximum Gasteiger partial charge on any atom is 0.242 e. The van der Waals surface area contributed by atoms with Crippen LogP contribution in [0.5, 0.6) is 0 Å². The van der Waals surface area contributed by atoms with Gasteiger partial charge in [0, 0.05) is 19.1 Å². The molecule has 0 spiro atoms. The number of hydrogen-bond donors (Lipinski definition) is 0. The second-order valence-electron chi connectivity index (χ2n) is 5.70. The minimum Gasteiger partial charge on any atom is -0.361 e. The molecule has 1 aromatic carbocycles. The maximum atomic E-state index is 12.7. The highest BCUT2D eigenvalue weighted by atomic mass is 35.5. The van der Waals surface area contributed by atoms with E-state index in [9.17, 15) is 13.2 Å². The van der Waals surface area contributed by atoms with Crippen molar-refractivity contribution >= 4 is 33.0 Å². The quantitative estimate of drug-likeness (QED) is 0.782. The molecule has 1 fully saturated rings. The molecule has 0 radical (unpaired) electrons. The number of amides is 1. The number of hydrogen-bond acceptors (Lipinski definition) is 4. The van der Waals surface area contributed by atoms with E-state index in [1.54, 1.807) is 11.0 Å². The Hall–Kier alpha value is -1.27. The third-order valence-electron chi connectivity index (χ3n) is 4.21. The largest absolute Gasteiger partial charge is 0.361 e. The summed E-state index contributed by atoms with van der Waals surface area (Å²) >= 11 is 6.21. The molecule has 1 amide bonds. The molecule has 128 valence electrons. The van der Waals surface area contributed by atoms with Gasteiger partial charge in [-0.05, 0) is 32.4 Å². The van der Waals surface area contributed by atoms with Crippen molar-refractivity contribution in [2.45, 2.75) is 26.3 Å². The number of halogens is 1. The normalized spacial score (nSPS) is 19.5. The van der Waals surface area contributed by atoms with Gasteiger partial charge in [0.25, 0.3) is 0 Å². The van der Waals surface area contributed by atoms with Crippen molar-refractivity contribution in [1.29, 1.82) is 0 Å². The zero-order chi connectivity index (χ0) is 17.0. The molecule has 1 aliphatic rings. The first-order valence-corrected chi connectivity index (χ1v) is 10.1. The molecule has 5 nitrogen and oxygen atoms in total. The van der Waals surface area contributed by atoms with E-state index in [1.165, 1.54) is 0 Å². The van der Waals surface area contributed by atoms with Gasteiger partial charge in [-0.2, -0.15) is 0 Å². The summed E-state index contributed by atoms with van der Waals surface area (Å²) in [5, 5.41) is 0.605. The van der Waals surface area contributed by atoms with Gasteiger partial charge in [-0.25, -0.2) is 8.42 Å². The van der Waals surface area contributed by atoms with Gasteiger partial charge >= 0.3 is 0 Å². The second-order valence-corrected chi connectivity index (χ2v) is 8.34. The summed E-state index contributed by atoms with van der Waals surface area (Å²) in [6.45, 7) is 5.21. The number of benzene rings is 1. The first-order valence-electron chi connectivity index (χ1n) is 7.87. The van der Waals surface area contributed by atoms with E-state index in [0.717, 1.165) is 5.69 Å². The Bertz CT molecular complexity index is 663. The minimum atomic E-state index is -3.01. The van der Waals surface area contributed by atoms with Gasteiger partial charge in [-0.3, -0.25) is 4.79 Å². The van der Waals surface area contributed by atoms with Crippen molar-refractivity contribution in [1.82, 2.24) is 4.90 Å². The smallest absolute Gasteiger partial charge is 0.242 e. The van der Waals surface area contributed by atoms with Crippen molar-refractivity contribution in [2.75, 3.05) is 36.0 Å². The van der Waals surface area contributed by atoms with Crippen LogP contribution in [0.15, 0.2) is 24.3 Å². The number of carbonyl (C=O) groups is 1. The highest BCUT2D eigenvalue weighted by Crippen LogP contribution is 2.25. The Kier molecular flexibility index (Phi) is 5.92.